The standard InChI is InChI=1S/C17H15N3O3/c1-11-4-2-7-14(16(11)19)17(22)23-10-15(21)20-13-6-3-5-12(8-13)9-18/h2-8H,10,19H2,1H3,(H,20,21). The molecule has 0 aliphatic heterocycles. The monoisotopic (exact) mass is 309 g/mol. The fraction of sp³-hybridized carbons (Fsp3) is 0.118. The third kappa shape index (κ3) is 4.08. The van der Waals surface area contributed by atoms with Crippen molar-refractivity contribution in [2.24, 2.45) is 0 Å². The molecule has 6 nitrogen and oxygen atoms in total. The molecule has 1 amide bonds. The van der Waals surface area contributed by atoms with Crippen molar-refractivity contribution in [1.82, 2.24) is 0 Å². The number of amides is 1. The summed E-state index contributed by atoms with van der Waals surface area (Å²) in [6.45, 7) is 1.34. The SMILES string of the molecule is Cc1cccc(C(=O)OCC(=O)Nc2cccc(C#N)c2)c1N. The Hall–Kier alpha value is -3.33. The minimum Gasteiger partial charge on any atom is -0.452 e. The van der Waals surface area contributed by atoms with Crippen LogP contribution in [0.4, 0.5) is 11.4 Å². The van der Waals surface area contributed by atoms with Gasteiger partial charge in [0.15, 0.2) is 6.61 Å². The van der Waals surface area contributed by atoms with Gasteiger partial charge in [0.1, 0.15) is 0 Å². The number of hydrogen-bond donors (Lipinski definition) is 2. The number of rotatable bonds is 4. The first kappa shape index (κ1) is 16.0. The number of nitrogen functional groups attached to an aromatic ring is 1. The lowest BCUT2D eigenvalue weighted by Gasteiger charge is -2.09. The number of hydrogen-bond acceptors (Lipinski definition) is 5. The molecule has 0 fully saturated rings. The number of nitrogens with zero attached hydrogens (tertiary/aromatic N) is 1. The van der Waals surface area contributed by atoms with Gasteiger partial charge in [0.2, 0.25) is 0 Å². The average molecular weight is 309 g/mol. The van der Waals surface area contributed by atoms with Crippen LogP contribution in [-0.4, -0.2) is 18.5 Å². The van der Waals surface area contributed by atoms with Crippen molar-refractivity contribution in [3.63, 3.8) is 0 Å². The Labute approximate surface area is 133 Å². The molecular weight excluding hydrogens is 294 g/mol. The van der Waals surface area contributed by atoms with E-state index >= 15 is 0 Å². The van der Waals surface area contributed by atoms with Gasteiger partial charge in [-0.05, 0) is 36.8 Å². The number of carbonyl (C=O) groups excluding carboxylic acids is 2. The summed E-state index contributed by atoms with van der Waals surface area (Å²) in [6.07, 6.45) is 0. The first-order chi connectivity index (χ1) is 11.0. The maximum absolute atomic E-state index is 11.9. The molecule has 0 aromatic heterocycles. The topological polar surface area (TPSA) is 105 Å². The van der Waals surface area contributed by atoms with E-state index in [2.05, 4.69) is 5.32 Å². The summed E-state index contributed by atoms with van der Waals surface area (Å²) in [5, 5.41) is 11.4. The molecule has 6 heteroatoms. The van der Waals surface area contributed by atoms with E-state index in [0.717, 1.165) is 5.56 Å². The second-order valence-corrected chi connectivity index (χ2v) is 4.85. The second kappa shape index (κ2) is 7.09. The summed E-state index contributed by atoms with van der Waals surface area (Å²) >= 11 is 0. The van der Waals surface area contributed by atoms with Gasteiger partial charge < -0.3 is 15.8 Å². The van der Waals surface area contributed by atoms with Crippen molar-refractivity contribution < 1.29 is 14.3 Å². The Morgan fingerprint density at radius 2 is 2.00 bits per heavy atom. The van der Waals surface area contributed by atoms with Crippen molar-refractivity contribution in [2.45, 2.75) is 6.92 Å². The zero-order valence-corrected chi connectivity index (χ0v) is 12.5. The number of anilines is 2. The summed E-state index contributed by atoms with van der Waals surface area (Å²) in [7, 11) is 0. The molecule has 3 N–H and O–H groups in total. The number of nitriles is 1. The molecule has 0 saturated heterocycles. The highest BCUT2D eigenvalue weighted by Gasteiger charge is 2.14. The summed E-state index contributed by atoms with van der Waals surface area (Å²) in [5.41, 5.74) is 8.02. The van der Waals surface area contributed by atoms with Crippen LogP contribution in [0, 0.1) is 18.3 Å². The van der Waals surface area contributed by atoms with Crippen molar-refractivity contribution >= 4 is 23.3 Å². The number of aryl methyl sites for hydroxylation is 1. The van der Waals surface area contributed by atoms with E-state index in [1.54, 1.807) is 43.3 Å². The molecule has 116 valence electrons. The Kier molecular flexibility index (Phi) is 4.95. The fourth-order valence-electron chi connectivity index (χ4n) is 1.93. The van der Waals surface area contributed by atoms with Crippen LogP contribution in [0.15, 0.2) is 42.5 Å². The molecule has 2 rings (SSSR count). The molecule has 0 spiro atoms. The van der Waals surface area contributed by atoms with Crippen LogP contribution in [-0.2, 0) is 9.53 Å². The molecule has 0 heterocycles. The number of ether oxygens (including phenoxy) is 1. The van der Waals surface area contributed by atoms with Crippen LogP contribution in [0.1, 0.15) is 21.5 Å². The number of esters is 1. The van der Waals surface area contributed by atoms with Gasteiger partial charge >= 0.3 is 5.97 Å². The van der Waals surface area contributed by atoms with Crippen molar-refractivity contribution in [3.05, 3.63) is 59.2 Å². The van der Waals surface area contributed by atoms with Gasteiger partial charge in [-0.1, -0.05) is 18.2 Å². The van der Waals surface area contributed by atoms with E-state index in [1.165, 1.54) is 6.07 Å². The molecular formula is C17H15N3O3. The van der Waals surface area contributed by atoms with Crippen LogP contribution >= 0.6 is 0 Å². The number of benzene rings is 2. The highest BCUT2D eigenvalue weighted by atomic mass is 16.5. The summed E-state index contributed by atoms with van der Waals surface area (Å²) in [6, 6.07) is 13.4. The van der Waals surface area contributed by atoms with Gasteiger partial charge in [-0.2, -0.15) is 5.26 Å². The molecule has 2 aromatic carbocycles. The molecule has 0 aliphatic rings. The van der Waals surface area contributed by atoms with Crippen molar-refractivity contribution in [1.29, 1.82) is 5.26 Å². The highest BCUT2D eigenvalue weighted by molar-refractivity contribution is 5.98. The van der Waals surface area contributed by atoms with Gasteiger partial charge in [-0.3, -0.25) is 4.79 Å². The van der Waals surface area contributed by atoms with Crippen molar-refractivity contribution in [2.75, 3.05) is 17.7 Å². The third-order valence-electron chi connectivity index (χ3n) is 3.15. The summed E-state index contributed by atoms with van der Waals surface area (Å²) in [5.74, 6) is -1.16. The predicted octanol–water partition coefficient (Wildman–Crippen LogP) is 2.24. The van der Waals surface area contributed by atoms with Crippen LogP contribution in [0.2, 0.25) is 0 Å². The Bertz CT molecular complexity index is 794. The summed E-state index contributed by atoms with van der Waals surface area (Å²) in [4.78, 5) is 23.7. The molecule has 23 heavy (non-hydrogen) atoms. The highest BCUT2D eigenvalue weighted by Crippen LogP contribution is 2.17. The maximum Gasteiger partial charge on any atom is 0.340 e. The van der Waals surface area contributed by atoms with E-state index < -0.39 is 18.5 Å². The lowest BCUT2D eigenvalue weighted by molar-refractivity contribution is -0.119. The first-order valence-corrected chi connectivity index (χ1v) is 6.83. The Morgan fingerprint density at radius 1 is 1.26 bits per heavy atom. The number of nitrogens with one attached hydrogen (secondary N) is 1. The Morgan fingerprint density at radius 3 is 2.74 bits per heavy atom. The maximum atomic E-state index is 11.9. The molecule has 0 aliphatic carbocycles. The van der Waals surface area contributed by atoms with Gasteiger partial charge in [-0.15, -0.1) is 0 Å². The average Bonchev–Trinajstić information content (AvgIpc) is 2.55. The normalized spacial score (nSPS) is 9.74. The molecule has 0 unspecified atom stereocenters. The van der Waals surface area contributed by atoms with Gasteiger partial charge in [-0.25, -0.2) is 4.79 Å². The quantitative estimate of drug-likeness (QED) is 0.665. The minimum atomic E-state index is -0.660. The van der Waals surface area contributed by atoms with Crippen LogP contribution in [0.5, 0.6) is 0 Å². The van der Waals surface area contributed by atoms with Crippen LogP contribution in [0.25, 0.3) is 0 Å². The molecule has 0 atom stereocenters. The third-order valence-corrected chi connectivity index (χ3v) is 3.15. The van der Waals surface area contributed by atoms with E-state index in [1.807, 2.05) is 6.07 Å². The lowest BCUT2D eigenvalue weighted by atomic mass is 10.1. The van der Waals surface area contributed by atoms with Gasteiger partial charge in [0, 0.05) is 11.4 Å². The van der Waals surface area contributed by atoms with Crippen LogP contribution < -0.4 is 11.1 Å². The largest absolute Gasteiger partial charge is 0.452 e. The van der Waals surface area contributed by atoms with Gasteiger partial charge in [0.25, 0.3) is 5.91 Å². The van der Waals surface area contributed by atoms with E-state index in [-0.39, 0.29) is 5.56 Å². The fourth-order valence-corrected chi connectivity index (χ4v) is 1.93. The predicted molar refractivity (Wildman–Crippen MR) is 85.7 cm³/mol. The molecule has 0 radical (unpaired) electrons. The van der Waals surface area contributed by atoms with Crippen molar-refractivity contribution in [3.8, 4) is 6.07 Å². The zero-order valence-electron chi connectivity index (χ0n) is 12.5. The van der Waals surface area contributed by atoms with Gasteiger partial charge in [0.05, 0.1) is 17.2 Å². The molecule has 0 bridgehead atoms. The number of para-hydroxylation sites is 1. The van der Waals surface area contributed by atoms with E-state index in [0.29, 0.717) is 16.9 Å². The number of carbonyl (C=O) groups is 2. The van der Waals surface area contributed by atoms with E-state index in [9.17, 15) is 9.59 Å². The summed E-state index contributed by atoms with van der Waals surface area (Å²) < 4.78 is 4.96. The molecule has 0 saturated carbocycles. The second-order valence-electron chi connectivity index (χ2n) is 4.85. The smallest absolute Gasteiger partial charge is 0.340 e. The Balaban J connectivity index is 1.95. The minimum absolute atomic E-state index is 0.226. The van der Waals surface area contributed by atoms with E-state index in [4.69, 9.17) is 15.7 Å². The first-order valence-electron chi connectivity index (χ1n) is 6.83. The zero-order chi connectivity index (χ0) is 16.8. The lowest BCUT2D eigenvalue weighted by Crippen LogP contribution is -2.21. The number of nitrogens with two attached hydrogens (primary N) is 1. The molecule has 2 aromatic rings. The van der Waals surface area contributed by atoms with Crippen LogP contribution in [0.3, 0.4) is 0 Å².